The zero-order valence-corrected chi connectivity index (χ0v) is 9.50. The van der Waals surface area contributed by atoms with Crippen molar-refractivity contribution < 1.29 is 4.79 Å². The molecule has 0 unspecified atom stereocenters. The predicted molar refractivity (Wildman–Crippen MR) is 63.2 cm³/mol. The Morgan fingerprint density at radius 1 is 1.40 bits per heavy atom. The number of carbonyl (C=O) groups is 1. The Morgan fingerprint density at radius 2 is 2.13 bits per heavy atom. The normalized spacial score (nSPS) is 10.1. The van der Waals surface area contributed by atoms with Crippen LogP contribution in [0, 0.1) is 0 Å². The number of hydrogen-bond donors (Lipinski definition) is 2. The van der Waals surface area contributed by atoms with E-state index < -0.39 is 0 Å². The van der Waals surface area contributed by atoms with E-state index in [4.69, 9.17) is 0 Å². The van der Waals surface area contributed by atoms with Crippen LogP contribution in [-0.2, 0) is 0 Å². The molecule has 3 heteroatoms. The van der Waals surface area contributed by atoms with Gasteiger partial charge in [0.1, 0.15) is 0 Å². The van der Waals surface area contributed by atoms with Crippen molar-refractivity contribution in [2.45, 2.75) is 26.7 Å². The summed E-state index contributed by atoms with van der Waals surface area (Å²) in [5.41, 5.74) is 2.07. The van der Waals surface area contributed by atoms with Crippen LogP contribution in [0.1, 0.15) is 32.3 Å². The minimum absolute atomic E-state index is 0.154. The number of carbonyl (C=O) groups excluding carboxylic acids is 1. The van der Waals surface area contributed by atoms with Crippen molar-refractivity contribution in [3.05, 3.63) is 29.8 Å². The Kier molecular flexibility index (Phi) is 4.16. The second-order valence-electron chi connectivity index (χ2n) is 3.76. The molecule has 0 heterocycles. The first-order valence-corrected chi connectivity index (χ1v) is 5.28. The van der Waals surface area contributed by atoms with Crippen LogP contribution in [0.25, 0.3) is 0 Å². The smallest absolute Gasteiger partial charge is 0.319 e. The second-order valence-corrected chi connectivity index (χ2v) is 3.76. The van der Waals surface area contributed by atoms with Crippen molar-refractivity contribution in [3.8, 4) is 0 Å². The molecule has 0 aliphatic heterocycles. The lowest BCUT2D eigenvalue weighted by molar-refractivity contribution is 0.252. The summed E-state index contributed by atoms with van der Waals surface area (Å²) in [6, 6.07) is 7.75. The van der Waals surface area contributed by atoms with E-state index >= 15 is 0 Å². The van der Waals surface area contributed by atoms with Gasteiger partial charge in [0.05, 0.1) is 0 Å². The lowest BCUT2D eigenvalue weighted by atomic mass is 10.0. The van der Waals surface area contributed by atoms with Crippen LogP contribution in [0.15, 0.2) is 24.3 Å². The highest BCUT2D eigenvalue weighted by atomic mass is 16.2. The van der Waals surface area contributed by atoms with E-state index in [1.54, 1.807) is 0 Å². The lowest BCUT2D eigenvalue weighted by Gasteiger charge is -2.09. The molecule has 0 aromatic heterocycles. The Labute approximate surface area is 90.9 Å². The average Bonchev–Trinajstić information content (AvgIpc) is 2.18. The molecule has 0 fully saturated rings. The summed E-state index contributed by atoms with van der Waals surface area (Å²) in [4.78, 5) is 11.3. The highest BCUT2D eigenvalue weighted by Gasteiger charge is 2.02. The maximum absolute atomic E-state index is 11.3. The number of anilines is 1. The minimum Gasteiger partial charge on any atom is -0.338 e. The van der Waals surface area contributed by atoms with Crippen molar-refractivity contribution in [1.29, 1.82) is 0 Å². The van der Waals surface area contributed by atoms with Gasteiger partial charge < -0.3 is 10.6 Å². The number of urea groups is 1. The van der Waals surface area contributed by atoms with Gasteiger partial charge in [0.15, 0.2) is 0 Å². The molecular weight excluding hydrogens is 188 g/mol. The predicted octanol–water partition coefficient (Wildman–Crippen LogP) is 2.95. The van der Waals surface area contributed by atoms with Crippen molar-refractivity contribution >= 4 is 11.7 Å². The molecule has 3 nitrogen and oxygen atoms in total. The van der Waals surface area contributed by atoms with E-state index in [1.807, 2.05) is 25.1 Å². The molecule has 2 amide bonds. The lowest BCUT2D eigenvalue weighted by Crippen LogP contribution is -2.28. The maximum Gasteiger partial charge on any atom is 0.319 e. The molecule has 0 radical (unpaired) electrons. The van der Waals surface area contributed by atoms with Gasteiger partial charge in [-0.15, -0.1) is 0 Å². The molecular formula is C12H18N2O. The number of rotatable bonds is 3. The topological polar surface area (TPSA) is 41.1 Å². The zero-order chi connectivity index (χ0) is 11.3. The van der Waals surface area contributed by atoms with Crippen molar-refractivity contribution in [2.24, 2.45) is 0 Å². The van der Waals surface area contributed by atoms with Gasteiger partial charge in [-0.1, -0.05) is 26.0 Å². The average molecular weight is 206 g/mol. The van der Waals surface area contributed by atoms with Gasteiger partial charge in [0.2, 0.25) is 0 Å². The molecule has 0 aliphatic rings. The number of nitrogens with one attached hydrogen (secondary N) is 2. The van der Waals surface area contributed by atoms with Crippen LogP contribution in [0.4, 0.5) is 10.5 Å². The summed E-state index contributed by atoms with van der Waals surface area (Å²) in [5.74, 6) is 0.473. The second kappa shape index (κ2) is 5.39. The minimum atomic E-state index is -0.154. The summed E-state index contributed by atoms with van der Waals surface area (Å²) >= 11 is 0. The maximum atomic E-state index is 11.3. The van der Waals surface area contributed by atoms with E-state index in [0.29, 0.717) is 12.5 Å². The van der Waals surface area contributed by atoms with Crippen LogP contribution in [0.5, 0.6) is 0 Å². The largest absolute Gasteiger partial charge is 0.338 e. The molecule has 0 spiro atoms. The molecule has 2 N–H and O–H groups in total. The fraction of sp³-hybridized carbons (Fsp3) is 0.417. The van der Waals surface area contributed by atoms with E-state index in [-0.39, 0.29) is 6.03 Å². The van der Waals surface area contributed by atoms with Crippen molar-refractivity contribution in [1.82, 2.24) is 5.32 Å². The van der Waals surface area contributed by atoms with Crippen LogP contribution >= 0.6 is 0 Å². The van der Waals surface area contributed by atoms with Gasteiger partial charge in [0.25, 0.3) is 0 Å². The summed E-state index contributed by atoms with van der Waals surface area (Å²) in [6.07, 6.45) is 0. The van der Waals surface area contributed by atoms with Gasteiger partial charge in [-0.2, -0.15) is 0 Å². The Balaban J connectivity index is 2.69. The molecule has 0 atom stereocenters. The SMILES string of the molecule is CCNC(=O)Nc1cccc(C(C)C)c1. The van der Waals surface area contributed by atoms with E-state index in [0.717, 1.165) is 5.69 Å². The first kappa shape index (κ1) is 11.6. The Morgan fingerprint density at radius 3 is 2.73 bits per heavy atom. The molecule has 82 valence electrons. The molecule has 1 aromatic rings. The van der Waals surface area contributed by atoms with E-state index in [9.17, 15) is 4.79 Å². The van der Waals surface area contributed by atoms with Crippen LogP contribution in [0.3, 0.4) is 0 Å². The van der Waals surface area contributed by atoms with Crippen molar-refractivity contribution in [2.75, 3.05) is 11.9 Å². The summed E-state index contributed by atoms with van der Waals surface area (Å²) in [7, 11) is 0. The molecule has 15 heavy (non-hydrogen) atoms. The molecule has 1 aromatic carbocycles. The number of benzene rings is 1. The third kappa shape index (κ3) is 3.62. The molecule has 0 saturated carbocycles. The van der Waals surface area contributed by atoms with E-state index in [1.165, 1.54) is 5.56 Å². The molecule has 1 rings (SSSR count). The molecule has 0 aliphatic carbocycles. The van der Waals surface area contributed by atoms with Crippen LogP contribution in [0.2, 0.25) is 0 Å². The van der Waals surface area contributed by atoms with Gasteiger partial charge >= 0.3 is 6.03 Å². The van der Waals surface area contributed by atoms with Gasteiger partial charge in [-0.3, -0.25) is 0 Å². The highest BCUT2D eigenvalue weighted by molar-refractivity contribution is 5.89. The molecule has 0 saturated heterocycles. The van der Waals surface area contributed by atoms with Crippen LogP contribution < -0.4 is 10.6 Å². The summed E-state index contributed by atoms with van der Waals surface area (Å²) < 4.78 is 0. The third-order valence-electron chi connectivity index (χ3n) is 2.15. The first-order valence-electron chi connectivity index (χ1n) is 5.28. The Hall–Kier alpha value is -1.51. The van der Waals surface area contributed by atoms with Gasteiger partial charge in [-0.05, 0) is 30.5 Å². The first-order chi connectivity index (χ1) is 7.13. The van der Waals surface area contributed by atoms with Gasteiger partial charge in [-0.25, -0.2) is 4.79 Å². The zero-order valence-electron chi connectivity index (χ0n) is 9.50. The van der Waals surface area contributed by atoms with Crippen molar-refractivity contribution in [3.63, 3.8) is 0 Å². The fourth-order valence-electron chi connectivity index (χ4n) is 1.31. The summed E-state index contributed by atoms with van der Waals surface area (Å²) in [5, 5.41) is 5.48. The van der Waals surface area contributed by atoms with Crippen LogP contribution in [-0.4, -0.2) is 12.6 Å². The van der Waals surface area contributed by atoms with E-state index in [2.05, 4.69) is 30.5 Å². The fourth-order valence-corrected chi connectivity index (χ4v) is 1.31. The summed E-state index contributed by atoms with van der Waals surface area (Å²) in [6.45, 7) is 6.79. The third-order valence-corrected chi connectivity index (χ3v) is 2.15. The number of amides is 2. The van der Waals surface area contributed by atoms with Gasteiger partial charge in [0, 0.05) is 12.2 Å². The monoisotopic (exact) mass is 206 g/mol. The Bertz CT molecular complexity index is 334. The molecule has 0 bridgehead atoms. The standard InChI is InChI=1S/C12H18N2O/c1-4-13-12(15)14-11-7-5-6-10(8-11)9(2)3/h5-9H,4H2,1-3H3,(H2,13,14,15). The number of hydrogen-bond acceptors (Lipinski definition) is 1. The quantitative estimate of drug-likeness (QED) is 0.784. The highest BCUT2D eigenvalue weighted by Crippen LogP contribution is 2.18.